The molecule has 106 valence electrons. The van der Waals surface area contributed by atoms with Crippen molar-refractivity contribution in [3.8, 4) is 0 Å². The van der Waals surface area contributed by atoms with Gasteiger partial charge in [-0.05, 0) is 24.6 Å². The molecule has 1 aliphatic rings. The Bertz CT molecular complexity index is 391. The predicted molar refractivity (Wildman–Crippen MR) is 86.1 cm³/mol. The molecule has 1 saturated heterocycles. The van der Waals surface area contributed by atoms with Gasteiger partial charge < -0.3 is 10.6 Å². The quantitative estimate of drug-likeness (QED) is 0.916. The molecule has 0 saturated carbocycles. The molecule has 0 amide bonds. The highest BCUT2D eigenvalue weighted by molar-refractivity contribution is 7.99. The lowest BCUT2D eigenvalue weighted by molar-refractivity contribution is 0.166. The van der Waals surface area contributed by atoms with Gasteiger partial charge in [0.25, 0.3) is 0 Å². The number of benzene rings is 1. The van der Waals surface area contributed by atoms with Crippen LogP contribution in [0.4, 0.5) is 5.69 Å². The molecular formula is C15H25N3S. The molecule has 1 aromatic rings. The molecule has 0 aromatic heterocycles. The van der Waals surface area contributed by atoms with Crippen LogP contribution in [0.2, 0.25) is 0 Å². The molecule has 0 spiro atoms. The Morgan fingerprint density at radius 2 is 2.05 bits per heavy atom. The summed E-state index contributed by atoms with van der Waals surface area (Å²) in [5.41, 5.74) is 8.61. The Morgan fingerprint density at radius 3 is 2.58 bits per heavy atom. The van der Waals surface area contributed by atoms with Crippen molar-refractivity contribution in [1.82, 2.24) is 4.90 Å². The van der Waals surface area contributed by atoms with E-state index in [4.69, 9.17) is 5.73 Å². The van der Waals surface area contributed by atoms with Gasteiger partial charge in [-0.25, -0.2) is 0 Å². The van der Waals surface area contributed by atoms with Gasteiger partial charge in [0, 0.05) is 56.5 Å². The summed E-state index contributed by atoms with van der Waals surface area (Å²) in [6.45, 7) is 4.14. The summed E-state index contributed by atoms with van der Waals surface area (Å²) in [6.07, 6.45) is 0. The molecule has 0 bridgehead atoms. The maximum absolute atomic E-state index is 6.04. The van der Waals surface area contributed by atoms with Gasteiger partial charge >= 0.3 is 0 Å². The monoisotopic (exact) mass is 279 g/mol. The molecular weight excluding hydrogens is 254 g/mol. The Hall–Kier alpha value is -0.710. The van der Waals surface area contributed by atoms with E-state index in [1.54, 1.807) is 0 Å². The molecule has 1 aliphatic heterocycles. The van der Waals surface area contributed by atoms with Crippen LogP contribution < -0.4 is 10.6 Å². The first-order valence-electron chi connectivity index (χ1n) is 6.94. The van der Waals surface area contributed by atoms with Gasteiger partial charge in [-0.2, -0.15) is 11.8 Å². The van der Waals surface area contributed by atoms with E-state index >= 15 is 0 Å². The van der Waals surface area contributed by atoms with Gasteiger partial charge in [0.2, 0.25) is 0 Å². The fraction of sp³-hybridized carbons (Fsp3) is 0.600. The van der Waals surface area contributed by atoms with Gasteiger partial charge in [-0.15, -0.1) is 0 Å². The van der Waals surface area contributed by atoms with Crippen molar-refractivity contribution in [2.24, 2.45) is 5.73 Å². The van der Waals surface area contributed by atoms with E-state index in [1.807, 2.05) is 11.8 Å². The lowest BCUT2D eigenvalue weighted by Crippen LogP contribution is -2.45. The number of hydrogen-bond acceptors (Lipinski definition) is 4. The molecule has 19 heavy (non-hydrogen) atoms. The maximum atomic E-state index is 6.04. The molecule has 4 heteroatoms. The topological polar surface area (TPSA) is 32.5 Å². The van der Waals surface area contributed by atoms with Crippen LogP contribution in [0.5, 0.6) is 0 Å². The maximum Gasteiger partial charge on any atom is 0.0473 e. The minimum absolute atomic E-state index is 0.354. The number of rotatable bonds is 4. The third-order valence-corrected chi connectivity index (χ3v) is 5.03. The standard InChI is InChI=1S/C15H25N3S/c1-12-11-19-9-8-18(12)15(10-16)13-4-6-14(7-5-13)17(2)3/h4-7,12,15H,8-11,16H2,1-3H3. The lowest BCUT2D eigenvalue weighted by Gasteiger charge is -2.39. The minimum atomic E-state index is 0.354. The number of nitrogens with zero attached hydrogens (tertiary/aromatic N) is 2. The SMILES string of the molecule is CC1CSCCN1C(CN)c1ccc(N(C)C)cc1. The highest BCUT2D eigenvalue weighted by Gasteiger charge is 2.26. The van der Waals surface area contributed by atoms with E-state index in [0.717, 1.165) is 6.54 Å². The highest BCUT2D eigenvalue weighted by atomic mass is 32.2. The van der Waals surface area contributed by atoms with E-state index in [0.29, 0.717) is 18.6 Å². The van der Waals surface area contributed by atoms with Crippen LogP contribution in [0.3, 0.4) is 0 Å². The van der Waals surface area contributed by atoms with E-state index in [-0.39, 0.29) is 0 Å². The zero-order valence-electron chi connectivity index (χ0n) is 12.2. The van der Waals surface area contributed by atoms with Gasteiger partial charge in [0.1, 0.15) is 0 Å². The molecule has 1 fully saturated rings. The second-order valence-corrected chi connectivity index (χ2v) is 6.55. The van der Waals surface area contributed by atoms with Crippen molar-refractivity contribution in [3.63, 3.8) is 0 Å². The smallest absolute Gasteiger partial charge is 0.0473 e. The molecule has 2 atom stereocenters. The summed E-state index contributed by atoms with van der Waals surface area (Å²) in [7, 11) is 4.14. The van der Waals surface area contributed by atoms with Crippen LogP contribution >= 0.6 is 11.8 Å². The van der Waals surface area contributed by atoms with Crippen molar-refractivity contribution in [2.45, 2.75) is 19.0 Å². The van der Waals surface area contributed by atoms with Crippen molar-refractivity contribution >= 4 is 17.4 Å². The first-order valence-corrected chi connectivity index (χ1v) is 8.09. The average Bonchev–Trinajstić information content (AvgIpc) is 2.42. The fourth-order valence-electron chi connectivity index (χ4n) is 2.66. The van der Waals surface area contributed by atoms with E-state index in [1.165, 1.54) is 22.8 Å². The summed E-state index contributed by atoms with van der Waals surface area (Å²) < 4.78 is 0. The van der Waals surface area contributed by atoms with E-state index in [9.17, 15) is 0 Å². The summed E-state index contributed by atoms with van der Waals surface area (Å²) in [4.78, 5) is 4.68. The van der Waals surface area contributed by atoms with Crippen molar-refractivity contribution < 1.29 is 0 Å². The summed E-state index contributed by atoms with van der Waals surface area (Å²) in [5.74, 6) is 2.43. The largest absolute Gasteiger partial charge is 0.378 e. The zero-order chi connectivity index (χ0) is 13.8. The molecule has 2 N–H and O–H groups in total. The molecule has 2 unspecified atom stereocenters. The number of thioether (sulfide) groups is 1. The third kappa shape index (κ3) is 3.44. The van der Waals surface area contributed by atoms with Crippen LogP contribution in [0.25, 0.3) is 0 Å². The average molecular weight is 279 g/mol. The Labute approximate surface area is 121 Å². The molecule has 2 rings (SSSR count). The Kier molecular flexibility index (Phi) is 5.13. The Balaban J connectivity index is 2.16. The number of nitrogens with two attached hydrogens (primary N) is 1. The molecule has 3 nitrogen and oxygen atoms in total. The van der Waals surface area contributed by atoms with Crippen LogP contribution in [0, 0.1) is 0 Å². The zero-order valence-corrected chi connectivity index (χ0v) is 13.0. The normalized spacial score (nSPS) is 22.2. The van der Waals surface area contributed by atoms with Crippen LogP contribution in [-0.2, 0) is 0 Å². The second-order valence-electron chi connectivity index (χ2n) is 5.40. The lowest BCUT2D eigenvalue weighted by atomic mass is 10.0. The summed E-state index contributed by atoms with van der Waals surface area (Å²) in [5, 5.41) is 0. The number of hydrogen-bond donors (Lipinski definition) is 1. The van der Waals surface area contributed by atoms with E-state index < -0.39 is 0 Å². The Morgan fingerprint density at radius 1 is 1.37 bits per heavy atom. The first kappa shape index (κ1) is 14.7. The predicted octanol–water partition coefficient (Wildman–Crippen LogP) is 2.19. The van der Waals surface area contributed by atoms with E-state index in [2.05, 4.69) is 55.1 Å². The molecule has 1 aromatic carbocycles. The van der Waals surface area contributed by atoms with Gasteiger partial charge in [0.15, 0.2) is 0 Å². The summed E-state index contributed by atoms with van der Waals surface area (Å²) in [6, 6.07) is 9.78. The van der Waals surface area contributed by atoms with Gasteiger partial charge in [-0.1, -0.05) is 12.1 Å². The highest BCUT2D eigenvalue weighted by Crippen LogP contribution is 2.28. The van der Waals surface area contributed by atoms with Crippen molar-refractivity contribution in [2.75, 3.05) is 43.6 Å². The molecule has 0 radical (unpaired) electrons. The summed E-state index contributed by atoms with van der Waals surface area (Å²) >= 11 is 2.05. The van der Waals surface area contributed by atoms with Crippen molar-refractivity contribution in [1.29, 1.82) is 0 Å². The van der Waals surface area contributed by atoms with Crippen LogP contribution in [0.15, 0.2) is 24.3 Å². The fourth-order valence-corrected chi connectivity index (χ4v) is 3.70. The minimum Gasteiger partial charge on any atom is -0.378 e. The third-order valence-electron chi connectivity index (χ3n) is 3.84. The van der Waals surface area contributed by atoms with Gasteiger partial charge in [0.05, 0.1) is 0 Å². The van der Waals surface area contributed by atoms with Gasteiger partial charge in [-0.3, -0.25) is 4.90 Å². The second kappa shape index (κ2) is 6.64. The van der Waals surface area contributed by atoms with Crippen LogP contribution in [0.1, 0.15) is 18.5 Å². The number of anilines is 1. The van der Waals surface area contributed by atoms with Crippen LogP contribution in [-0.4, -0.2) is 49.6 Å². The van der Waals surface area contributed by atoms with Crippen molar-refractivity contribution in [3.05, 3.63) is 29.8 Å². The molecule has 1 heterocycles. The molecule has 0 aliphatic carbocycles. The first-order chi connectivity index (χ1) is 9.13.